The summed E-state index contributed by atoms with van der Waals surface area (Å²) in [6.45, 7) is 18.6. The molecule has 5 unspecified atom stereocenters. The van der Waals surface area contributed by atoms with E-state index in [4.69, 9.17) is 4.74 Å². The number of benzene rings is 1. The lowest BCUT2D eigenvalue weighted by Crippen LogP contribution is -2.60. The number of carbonyl (C=O) groups excluding carboxylic acids is 6. The summed E-state index contributed by atoms with van der Waals surface area (Å²) in [6.07, 6.45) is 1.26. The summed E-state index contributed by atoms with van der Waals surface area (Å²) in [5.41, 5.74) is -1.09. The van der Waals surface area contributed by atoms with E-state index in [1.807, 2.05) is 40.7 Å². The molecule has 47 heavy (non-hydrogen) atoms. The van der Waals surface area contributed by atoms with Crippen LogP contribution in [0.1, 0.15) is 74.7 Å². The molecule has 1 aliphatic carbocycles. The monoisotopic (exact) mass is 653 g/mol. The van der Waals surface area contributed by atoms with E-state index in [0.29, 0.717) is 18.7 Å². The fraction of sp³-hybridized carbons (Fsp3) is 0.600. The molecule has 0 spiro atoms. The molecule has 1 saturated heterocycles. The largest absolute Gasteiger partial charge is 0.444 e. The summed E-state index contributed by atoms with van der Waals surface area (Å²) in [4.78, 5) is 80.6. The zero-order valence-electron chi connectivity index (χ0n) is 28.9. The molecular weight excluding hydrogens is 602 g/mol. The zero-order chi connectivity index (χ0) is 35.3. The Labute approximate surface area is 277 Å². The van der Waals surface area contributed by atoms with E-state index in [2.05, 4.69) is 27.8 Å². The number of alkyl carbamates (subject to hydrolysis) is 1. The maximum Gasteiger partial charge on any atom is 0.408 e. The number of allylic oxidation sites excluding steroid dienone is 1. The molecule has 12 nitrogen and oxygen atoms in total. The Balaban J connectivity index is 1.72. The molecule has 12 heteroatoms. The quantitative estimate of drug-likeness (QED) is 0.187. The van der Waals surface area contributed by atoms with Crippen molar-refractivity contribution >= 4 is 41.2 Å². The summed E-state index contributed by atoms with van der Waals surface area (Å²) in [7, 11) is 0. The minimum Gasteiger partial charge on any atom is -0.444 e. The highest BCUT2D eigenvalue weighted by Crippen LogP contribution is 2.65. The number of ether oxygens (including phenoxy) is 1. The first-order valence-corrected chi connectivity index (χ1v) is 16.2. The Morgan fingerprint density at radius 3 is 2.23 bits per heavy atom. The lowest BCUT2D eigenvalue weighted by atomic mass is 9.85. The third-order valence-electron chi connectivity index (χ3n) is 8.75. The number of rotatable bonds is 13. The average molecular weight is 654 g/mol. The first-order valence-electron chi connectivity index (χ1n) is 16.2. The van der Waals surface area contributed by atoms with Gasteiger partial charge in [0.25, 0.3) is 5.91 Å². The summed E-state index contributed by atoms with van der Waals surface area (Å²) in [5, 5.41) is 10.7. The number of carbonyl (C=O) groups is 6. The maximum absolute atomic E-state index is 14.1. The predicted octanol–water partition coefficient (Wildman–Crippen LogP) is 3.57. The molecule has 5 amide bonds. The van der Waals surface area contributed by atoms with Crippen molar-refractivity contribution < 1.29 is 33.5 Å². The highest BCUT2D eigenvalue weighted by Gasteiger charge is 2.70. The Bertz CT molecular complexity index is 1360. The van der Waals surface area contributed by atoms with Crippen molar-refractivity contribution in [1.29, 1.82) is 0 Å². The summed E-state index contributed by atoms with van der Waals surface area (Å²) in [6, 6.07) is 5.78. The second-order valence-electron chi connectivity index (χ2n) is 15.0. The molecule has 258 valence electrons. The first kappa shape index (κ1) is 37.2. The van der Waals surface area contributed by atoms with Crippen LogP contribution in [0.25, 0.3) is 0 Å². The number of piperidine rings is 1. The second-order valence-corrected chi connectivity index (χ2v) is 15.0. The van der Waals surface area contributed by atoms with Gasteiger partial charge in [0.2, 0.25) is 23.5 Å². The molecule has 0 bridgehead atoms. The van der Waals surface area contributed by atoms with E-state index in [9.17, 15) is 28.8 Å². The number of fused-ring (bicyclic) bond motifs is 1. The van der Waals surface area contributed by atoms with E-state index >= 15 is 0 Å². The van der Waals surface area contributed by atoms with Gasteiger partial charge in [-0.05, 0) is 68.4 Å². The van der Waals surface area contributed by atoms with Crippen molar-refractivity contribution in [3.8, 4) is 0 Å². The lowest BCUT2D eigenvalue weighted by Gasteiger charge is -2.38. The molecule has 3 rings (SSSR count). The summed E-state index contributed by atoms with van der Waals surface area (Å²) in [5.74, 6) is -3.19. The number of ketones is 1. The van der Waals surface area contributed by atoms with Crippen molar-refractivity contribution in [1.82, 2.24) is 20.9 Å². The second kappa shape index (κ2) is 14.7. The molecule has 1 aromatic carbocycles. The first-order chi connectivity index (χ1) is 21.8. The van der Waals surface area contributed by atoms with Crippen LogP contribution in [0.3, 0.4) is 0 Å². The van der Waals surface area contributed by atoms with Gasteiger partial charge in [0.1, 0.15) is 17.7 Å². The van der Waals surface area contributed by atoms with Crippen LogP contribution >= 0.6 is 0 Å². The van der Waals surface area contributed by atoms with E-state index in [-0.39, 0.29) is 42.5 Å². The molecule has 5 atom stereocenters. The third kappa shape index (κ3) is 9.65. The number of likely N-dealkylation sites (tertiary alicyclic amines) is 1. The van der Waals surface area contributed by atoms with Gasteiger partial charge in [0.15, 0.2) is 0 Å². The Hall–Kier alpha value is -4.22. The standard InChI is InChI=1S/C35H51N5O7/c1-10-11-17-23(27(42)30(44)36-19-18-24(41)37-21-15-13-12-14-16-21)38-29(43)26-25-22(35(25,8)9)20-40(26)31(45)28(33(2,3)4)39-32(46)47-34(5,6)7/h10,12-16,22-23,25-26,28H,1,11,17-20H2,2-9H3,(H,36,44)(H,37,41)(H,38,43)(H,39,46). The van der Waals surface area contributed by atoms with E-state index in [1.165, 1.54) is 4.90 Å². The zero-order valence-corrected chi connectivity index (χ0v) is 28.9. The van der Waals surface area contributed by atoms with Crippen LogP contribution < -0.4 is 21.3 Å². The lowest BCUT2D eigenvalue weighted by molar-refractivity contribution is -0.145. The van der Waals surface area contributed by atoms with E-state index in [1.54, 1.807) is 51.1 Å². The van der Waals surface area contributed by atoms with Gasteiger partial charge in [-0.3, -0.25) is 24.0 Å². The highest BCUT2D eigenvalue weighted by molar-refractivity contribution is 6.38. The van der Waals surface area contributed by atoms with Crippen LogP contribution in [0.2, 0.25) is 0 Å². The average Bonchev–Trinajstić information content (AvgIpc) is 3.27. The molecular formula is C35H51N5O7. The Morgan fingerprint density at radius 2 is 1.66 bits per heavy atom. The van der Waals surface area contributed by atoms with Crippen molar-refractivity contribution in [3.63, 3.8) is 0 Å². The van der Waals surface area contributed by atoms with Gasteiger partial charge in [-0.25, -0.2) is 4.79 Å². The topological polar surface area (TPSA) is 163 Å². The molecule has 1 aromatic rings. The number of Topliss-reactive ketones (excluding diaryl/α,β-unsaturated/α-hetero) is 1. The fourth-order valence-electron chi connectivity index (χ4n) is 6.14. The molecule has 0 aromatic heterocycles. The van der Waals surface area contributed by atoms with Crippen LogP contribution in [0, 0.1) is 22.7 Å². The molecule has 1 aliphatic heterocycles. The summed E-state index contributed by atoms with van der Waals surface area (Å²) < 4.78 is 5.41. The van der Waals surface area contributed by atoms with Gasteiger partial charge in [-0.2, -0.15) is 0 Å². The number of hydrogen-bond donors (Lipinski definition) is 4. The highest BCUT2D eigenvalue weighted by atomic mass is 16.6. The van der Waals surface area contributed by atoms with Gasteiger partial charge in [0, 0.05) is 25.2 Å². The molecule has 0 radical (unpaired) electrons. The fourth-order valence-corrected chi connectivity index (χ4v) is 6.14. The molecule has 1 saturated carbocycles. The number of nitrogens with zero attached hydrogens (tertiary/aromatic N) is 1. The molecule has 2 aliphatic rings. The van der Waals surface area contributed by atoms with Crippen LogP contribution in [0.5, 0.6) is 0 Å². The minimum absolute atomic E-state index is 0.0528. The predicted molar refractivity (Wildman–Crippen MR) is 178 cm³/mol. The third-order valence-corrected chi connectivity index (χ3v) is 8.75. The number of nitrogens with one attached hydrogen (secondary N) is 4. The molecule has 4 N–H and O–H groups in total. The van der Waals surface area contributed by atoms with Crippen LogP contribution in [-0.4, -0.2) is 77.2 Å². The normalized spacial score (nSPS) is 20.9. The Morgan fingerprint density at radius 1 is 1.02 bits per heavy atom. The summed E-state index contributed by atoms with van der Waals surface area (Å²) >= 11 is 0. The SMILES string of the molecule is C=CCCC(NC(=O)C1C2C(CN1C(=O)C(NC(=O)OC(C)(C)C)C(C)(C)C)C2(C)C)C(=O)C(=O)NCCC(=O)Nc1ccccc1. The van der Waals surface area contributed by atoms with E-state index < -0.39 is 58.7 Å². The number of anilines is 1. The van der Waals surface area contributed by atoms with Gasteiger partial charge in [0.05, 0.1) is 6.04 Å². The smallest absolute Gasteiger partial charge is 0.408 e. The van der Waals surface area contributed by atoms with E-state index in [0.717, 1.165) is 0 Å². The van der Waals surface area contributed by atoms with Crippen molar-refractivity contribution in [2.75, 3.05) is 18.4 Å². The number of amides is 5. The van der Waals surface area contributed by atoms with Gasteiger partial charge in [-0.15, -0.1) is 6.58 Å². The molecule has 2 fully saturated rings. The maximum atomic E-state index is 14.1. The van der Waals surface area contributed by atoms with Crippen molar-refractivity contribution in [3.05, 3.63) is 43.0 Å². The molecule has 1 heterocycles. The van der Waals surface area contributed by atoms with Crippen LogP contribution in [0.15, 0.2) is 43.0 Å². The van der Waals surface area contributed by atoms with Crippen LogP contribution in [0.4, 0.5) is 10.5 Å². The Kier molecular flexibility index (Phi) is 11.6. The van der Waals surface area contributed by atoms with Crippen molar-refractivity contribution in [2.24, 2.45) is 22.7 Å². The number of para-hydroxylation sites is 1. The number of hydrogen-bond acceptors (Lipinski definition) is 7. The van der Waals surface area contributed by atoms with Gasteiger partial charge >= 0.3 is 6.09 Å². The van der Waals surface area contributed by atoms with Gasteiger partial charge < -0.3 is 30.9 Å². The minimum atomic E-state index is -1.17. The van der Waals surface area contributed by atoms with Crippen molar-refractivity contribution in [2.45, 2.75) is 98.4 Å². The van der Waals surface area contributed by atoms with Gasteiger partial charge in [-0.1, -0.05) is 58.9 Å². The van der Waals surface area contributed by atoms with Crippen LogP contribution in [-0.2, 0) is 28.7 Å².